The van der Waals surface area contributed by atoms with Crippen LogP contribution in [0.15, 0.2) is 89.5 Å². The number of ether oxygens (including phenoxy) is 1. The summed E-state index contributed by atoms with van der Waals surface area (Å²) in [5.41, 5.74) is 0.729. The van der Waals surface area contributed by atoms with Crippen molar-refractivity contribution < 1.29 is 18.8 Å². The van der Waals surface area contributed by atoms with Crippen LogP contribution in [0.25, 0.3) is 11.4 Å². The molecule has 33 heavy (non-hydrogen) atoms. The Morgan fingerprint density at radius 3 is 2.09 bits per heavy atom. The van der Waals surface area contributed by atoms with Gasteiger partial charge in [0.1, 0.15) is 12.3 Å². The Morgan fingerprint density at radius 2 is 1.52 bits per heavy atom. The van der Waals surface area contributed by atoms with Gasteiger partial charge in [-0.15, -0.1) is 0 Å². The van der Waals surface area contributed by atoms with Crippen LogP contribution in [0.4, 0.5) is 4.79 Å². The van der Waals surface area contributed by atoms with Crippen molar-refractivity contribution in [2.75, 3.05) is 7.11 Å². The van der Waals surface area contributed by atoms with Gasteiger partial charge in [0.15, 0.2) is 5.54 Å². The molecule has 0 saturated carbocycles. The summed E-state index contributed by atoms with van der Waals surface area (Å²) < 4.78 is 10.5. The molecule has 0 radical (unpaired) electrons. The Balaban J connectivity index is 1.46. The molecule has 5 rings (SSSR count). The number of nitrogens with one attached hydrogen (secondary N) is 1. The van der Waals surface area contributed by atoms with Gasteiger partial charge in [0.25, 0.3) is 5.91 Å². The Bertz CT molecular complexity index is 1250. The normalized spacial score (nSPS) is 14.9. The second-order valence-corrected chi connectivity index (χ2v) is 7.54. The van der Waals surface area contributed by atoms with Crippen molar-refractivity contribution >= 4 is 11.9 Å². The highest BCUT2D eigenvalue weighted by Crippen LogP contribution is 2.36. The number of carbonyl (C=O) groups excluding carboxylic acids is 2. The molecule has 1 aliphatic rings. The molecule has 3 aromatic carbocycles. The largest absolute Gasteiger partial charge is 0.497 e. The van der Waals surface area contributed by atoms with E-state index in [-0.39, 0.29) is 12.4 Å². The molecular weight excluding hydrogens is 420 g/mol. The standard InChI is InChI=1S/C25H20N4O4/c1-32-20-14-12-17(13-15-20)22-26-21(33-28-22)16-29-23(30)25(27-24(29)31,18-8-4-2-5-9-18)19-10-6-3-7-11-19/h2-15H,16H2,1H3,(H,27,31). The highest BCUT2D eigenvalue weighted by molar-refractivity contribution is 6.09. The summed E-state index contributed by atoms with van der Waals surface area (Å²) in [5, 5.41) is 6.90. The van der Waals surface area contributed by atoms with Crippen LogP contribution < -0.4 is 10.1 Å². The highest BCUT2D eigenvalue weighted by Gasteiger charge is 2.54. The van der Waals surface area contributed by atoms with Gasteiger partial charge in [-0.1, -0.05) is 65.8 Å². The van der Waals surface area contributed by atoms with Crippen molar-refractivity contribution in [1.29, 1.82) is 0 Å². The minimum atomic E-state index is -1.33. The van der Waals surface area contributed by atoms with Gasteiger partial charge in [0, 0.05) is 5.56 Å². The summed E-state index contributed by atoms with van der Waals surface area (Å²) in [4.78, 5) is 32.2. The lowest BCUT2D eigenvalue weighted by atomic mass is 9.82. The molecule has 1 aromatic heterocycles. The fraction of sp³-hybridized carbons (Fsp3) is 0.120. The molecule has 3 amide bonds. The monoisotopic (exact) mass is 440 g/mol. The molecule has 164 valence electrons. The molecule has 2 heterocycles. The van der Waals surface area contributed by atoms with Crippen molar-refractivity contribution in [2.45, 2.75) is 12.1 Å². The third kappa shape index (κ3) is 3.51. The molecule has 0 spiro atoms. The van der Waals surface area contributed by atoms with E-state index in [0.717, 1.165) is 10.5 Å². The van der Waals surface area contributed by atoms with Crippen molar-refractivity contribution in [3.8, 4) is 17.1 Å². The van der Waals surface area contributed by atoms with E-state index in [4.69, 9.17) is 9.26 Å². The van der Waals surface area contributed by atoms with Crippen LogP contribution in [-0.4, -0.2) is 34.1 Å². The average molecular weight is 440 g/mol. The average Bonchev–Trinajstić information content (AvgIpc) is 3.44. The van der Waals surface area contributed by atoms with E-state index in [9.17, 15) is 9.59 Å². The van der Waals surface area contributed by atoms with Crippen LogP contribution in [-0.2, 0) is 16.9 Å². The summed E-state index contributed by atoms with van der Waals surface area (Å²) in [6.45, 7) is -0.144. The van der Waals surface area contributed by atoms with Crippen LogP contribution >= 0.6 is 0 Å². The Morgan fingerprint density at radius 1 is 0.909 bits per heavy atom. The first kappa shape index (κ1) is 20.4. The Hall–Kier alpha value is -4.46. The summed E-state index contributed by atoms with van der Waals surface area (Å²) in [7, 11) is 1.59. The number of hydrogen-bond acceptors (Lipinski definition) is 6. The third-order valence-corrected chi connectivity index (χ3v) is 5.63. The quantitative estimate of drug-likeness (QED) is 0.459. The maximum Gasteiger partial charge on any atom is 0.326 e. The molecule has 0 unspecified atom stereocenters. The SMILES string of the molecule is COc1ccc(-c2noc(CN3C(=O)NC(c4ccccc4)(c4ccccc4)C3=O)n2)cc1. The number of rotatable bonds is 6. The number of urea groups is 1. The van der Waals surface area contributed by atoms with E-state index in [2.05, 4.69) is 15.5 Å². The zero-order valence-corrected chi connectivity index (χ0v) is 17.8. The second-order valence-electron chi connectivity index (χ2n) is 7.54. The van der Waals surface area contributed by atoms with Crippen molar-refractivity contribution in [2.24, 2.45) is 0 Å². The number of amides is 3. The van der Waals surface area contributed by atoms with Gasteiger partial charge in [0.05, 0.1) is 7.11 Å². The highest BCUT2D eigenvalue weighted by atomic mass is 16.5. The smallest absolute Gasteiger partial charge is 0.326 e. The van der Waals surface area contributed by atoms with Crippen LogP contribution in [0, 0.1) is 0 Å². The minimum Gasteiger partial charge on any atom is -0.497 e. The molecule has 0 atom stereocenters. The maximum atomic E-state index is 13.7. The molecule has 1 N–H and O–H groups in total. The van der Waals surface area contributed by atoms with E-state index < -0.39 is 17.5 Å². The zero-order valence-electron chi connectivity index (χ0n) is 17.8. The predicted molar refractivity (Wildman–Crippen MR) is 119 cm³/mol. The number of methoxy groups -OCH3 is 1. The van der Waals surface area contributed by atoms with Gasteiger partial charge in [-0.3, -0.25) is 9.69 Å². The predicted octanol–water partition coefficient (Wildman–Crippen LogP) is 3.74. The lowest BCUT2D eigenvalue weighted by molar-refractivity contribution is -0.130. The number of hydrogen-bond donors (Lipinski definition) is 1. The molecule has 8 nitrogen and oxygen atoms in total. The molecule has 1 saturated heterocycles. The number of benzene rings is 3. The number of imide groups is 1. The van der Waals surface area contributed by atoms with E-state index >= 15 is 0 Å². The molecule has 4 aromatic rings. The van der Waals surface area contributed by atoms with Crippen molar-refractivity contribution in [3.63, 3.8) is 0 Å². The van der Waals surface area contributed by atoms with Gasteiger partial charge in [0.2, 0.25) is 11.7 Å². The summed E-state index contributed by atoms with van der Waals surface area (Å²) in [6, 6.07) is 25.0. The molecule has 8 heteroatoms. The van der Waals surface area contributed by atoms with Crippen LogP contribution in [0.2, 0.25) is 0 Å². The molecule has 1 aliphatic heterocycles. The van der Waals surface area contributed by atoms with Gasteiger partial charge in [-0.05, 0) is 35.4 Å². The summed E-state index contributed by atoms with van der Waals surface area (Å²) in [5.74, 6) is 0.812. The van der Waals surface area contributed by atoms with Crippen LogP contribution in [0.5, 0.6) is 5.75 Å². The first-order chi connectivity index (χ1) is 16.1. The number of aromatic nitrogens is 2. The lowest BCUT2D eigenvalue weighted by Gasteiger charge is -2.27. The van der Waals surface area contributed by atoms with Gasteiger partial charge >= 0.3 is 6.03 Å². The van der Waals surface area contributed by atoms with Gasteiger partial charge < -0.3 is 14.6 Å². The van der Waals surface area contributed by atoms with E-state index in [1.807, 2.05) is 60.7 Å². The number of carbonyl (C=O) groups is 2. The second kappa shape index (κ2) is 8.23. The first-order valence-corrected chi connectivity index (χ1v) is 10.3. The fourth-order valence-electron chi connectivity index (χ4n) is 3.97. The van der Waals surface area contributed by atoms with Crippen LogP contribution in [0.3, 0.4) is 0 Å². The van der Waals surface area contributed by atoms with E-state index in [1.165, 1.54) is 0 Å². The fourth-order valence-corrected chi connectivity index (χ4v) is 3.97. The molecule has 0 aliphatic carbocycles. The molecule has 1 fully saturated rings. The Kier molecular flexibility index (Phi) is 5.10. The first-order valence-electron chi connectivity index (χ1n) is 10.3. The minimum absolute atomic E-state index is 0.144. The Labute approximate surface area is 189 Å². The lowest BCUT2D eigenvalue weighted by Crippen LogP contribution is -2.45. The number of nitrogens with zero attached hydrogens (tertiary/aromatic N) is 3. The van der Waals surface area contributed by atoms with Crippen molar-refractivity contribution in [3.05, 3.63) is 102 Å². The van der Waals surface area contributed by atoms with E-state index in [1.54, 1.807) is 31.4 Å². The van der Waals surface area contributed by atoms with E-state index in [0.29, 0.717) is 22.7 Å². The summed E-state index contributed by atoms with van der Waals surface area (Å²) in [6.07, 6.45) is 0. The summed E-state index contributed by atoms with van der Waals surface area (Å²) >= 11 is 0. The zero-order chi connectivity index (χ0) is 22.8. The van der Waals surface area contributed by atoms with Crippen molar-refractivity contribution in [1.82, 2.24) is 20.4 Å². The molecular formula is C25H20N4O4. The topological polar surface area (TPSA) is 97.6 Å². The third-order valence-electron chi connectivity index (χ3n) is 5.63. The van der Waals surface area contributed by atoms with Gasteiger partial charge in [-0.25, -0.2) is 4.79 Å². The maximum absolute atomic E-state index is 13.7. The van der Waals surface area contributed by atoms with Crippen LogP contribution in [0.1, 0.15) is 17.0 Å². The van der Waals surface area contributed by atoms with Gasteiger partial charge in [-0.2, -0.15) is 4.98 Å². The molecule has 0 bridgehead atoms.